The van der Waals surface area contributed by atoms with Crippen molar-refractivity contribution in [2.75, 3.05) is 13.6 Å². The summed E-state index contributed by atoms with van der Waals surface area (Å²) < 4.78 is 25.6. The number of nitrogens with zero attached hydrogens (tertiary/aromatic N) is 3. The number of nitro groups is 1. The molecule has 0 aromatic heterocycles. The highest BCUT2D eigenvalue weighted by Crippen LogP contribution is 2.17. The number of nitro benzene ring substituents is 1. The van der Waals surface area contributed by atoms with Crippen LogP contribution in [0.3, 0.4) is 0 Å². The van der Waals surface area contributed by atoms with E-state index in [1.54, 1.807) is 6.07 Å². The Kier molecular flexibility index (Phi) is 6.61. The largest absolute Gasteiger partial charge is 0.278 e. The highest BCUT2D eigenvalue weighted by atomic mass is 35.5. The maximum absolute atomic E-state index is 12.4. The second-order valence-electron chi connectivity index (χ2n) is 5.32. The van der Waals surface area contributed by atoms with Gasteiger partial charge >= 0.3 is 0 Å². The second-order valence-corrected chi connectivity index (χ2v) is 7.81. The van der Waals surface area contributed by atoms with Crippen molar-refractivity contribution in [3.05, 3.63) is 69.2 Å². The molecule has 2 aromatic rings. The molecule has 0 aliphatic carbocycles. The molecule has 11 heteroatoms. The van der Waals surface area contributed by atoms with Gasteiger partial charge in [0.05, 0.1) is 28.1 Å². The van der Waals surface area contributed by atoms with Crippen LogP contribution in [0.4, 0.5) is 5.69 Å². The number of nitrogens with one attached hydrogen (secondary N) is 1. The average molecular weight is 411 g/mol. The lowest BCUT2D eigenvalue weighted by Crippen LogP contribution is -2.36. The Morgan fingerprint density at radius 3 is 2.52 bits per heavy atom. The van der Waals surface area contributed by atoms with Crippen molar-refractivity contribution in [3.63, 3.8) is 0 Å². The van der Waals surface area contributed by atoms with Crippen molar-refractivity contribution in [2.45, 2.75) is 4.90 Å². The molecule has 142 valence electrons. The Morgan fingerprint density at radius 2 is 1.89 bits per heavy atom. The van der Waals surface area contributed by atoms with Gasteiger partial charge in [0.1, 0.15) is 0 Å². The zero-order valence-corrected chi connectivity index (χ0v) is 15.6. The first-order chi connectivity index (χ1) is 12.7. The summed E-state index contributed by atoms with van der Waals surface area (Å²) in [4.78, 5) is 22.2. The molecule has 0 saturated carbocycles. The first kappa shape index (κ1) is 20.5. The topological polar surface area (TPSA) is 122 Å². The normalized spacial score (nSPS) is 11.7. The monoisotopic (exact) mass is 410 g/mol. The molecule has 9 nitrogen and oxygen atoms in total. The first-order valence-electron chi connectivity index (χ1n) is 7.49. The Bertz CT molecular complexity index is 977. The number of likely N-dealkylation sites (N-methyl/N-ethyl adjacent to an activating group) is 1. The van der Waals surface area contributed by atoms with Crippen LogP contribution < -0.4 is 5.43 Å². The van der Waals surface area contributed by atoms with Gasteiger partial charge in [-0.25, -0.2) is 13.8 Å². The molecular formula is C16H15ClN4O5S. The number of para-hydroxylation sites is 1. The third-order valence-electron chi connectivity index (χ3n) is 3.41. The molecule has 0 heterocycles. The molecule has 0 fully saturated rings. The number of hydrogen-bond acceptors (Lipinski definition) is 6. The van der Waals surface area contributed by atoms with Gasteiger partial charge in [-0.3, -0.25) is 14.9 Å². The van der Waals surface area contributed by atoms with E-state index in [9.17, 15) is 23.3 Å². The predicted octanol–water partition coefficient (Wildman–Crippen LogP) is 2.02. The van der Waals surface area contributed by atoms with E-state index >= 15 is 0 Å². The minimum Gasteiger partial charge on any atom is -0.272 e. The fraction of sp³-hybridized carbons (Fsp3) is 0.125. The van der Waals surface area contributed by atoms with E-state index < -0.39 is 27.4 Å². The lowest BCUT2D eigenvalue weighted by Gasteiger charge is -2.16. The van der Waals surface area contributed by atoms with Crippen LogP contribution in [-0.2, 0) is 14.8 Å². The Labute approximate surface area is 160 Å². The van der Waals surface area contributed by atoms with Crippen LogP contribution in [0.2, 0.25) is 5.02 Å². The summed E-state index contributed by atoms with van der Waals surface area (Å²) in [6.45, 7) is -0.487. The van der Waals surface area contributed by atoms with Gasteiger partial charge in [-0.2, -0.15) is 9.41 Å². The number of sulfonamides is 1. The summed E-state index contributed by atoms with van der Waals surface area (Å²) in [5, 5.41) is 14.9. The summed E-state index contributed by atoms with van der Waals surface area (Å²) >= 11 is 5.73. The summed E-state index contributed by atoms with van der Waals surface area (Å²) in [6.07, 6.45) is 1.11. The Morgan fingerprint density at radius 1 is 1.26 bits per heavy atom. The highest BCUT2D eigenvalue weighted by molar-refractivity contribution is 7.89. The van der Waals surface area contributed by atoms with Crippen molar-refractivity contribution in [1.29, 1.82) is 0 Å². The standard InChI is InChI=1S/C16H15ClN4O5S/c1-20(27(25,26)14-8-6-13(17)7-9-14)11-16(22)19-18-10-12-4-2-3-5-15(12)21(23)24/h2-10H,11H2,1H3,(H,19,22)/b18-10-. The van der Waals surface area contributed by atoms with Crippen LogP contribution in [0.15, 0.2) is 58.5 Å². The van der Waals surface area contributed by atoms with Crippen molar-refractivity contribution >= 4 is 39.4 Å². The maximum atomic E-state index is 12.4. The molecule has 0 aliphatic heterocycles. The number of carbonyl (C=O) groups is 1. The molecule has 0 radical (unpaired) electrons. The van der Waals surface area contributed by atoms with Gasteiger partial charge in [0.2, 0.25) is 10.0 Å². The summed E-state index contributed by atoms with van der Waals surface area (Å²) in [5.41, 5.74) is 2.17. The maximum Gasteiger partial charge on any atom is 0.278 e. The molecule has 27 heavy (non-hydrogen) atoms. The lowest BCUT2D eigenvalue weighted by atomic mass is 10.2. The smallest absolute Gasteiger partial charge is 0.272 e. The fourth-order valence-corrected chi connectivity index (χ4v) is 3.30. The van der Waals surface area contributed by atoms with Gasteiger partial charge in [0.15, 0.2) is 0 Å². The average Bonchev–Trinajstić information content (AvgIpc) is 2.62. The van der Waals surface area contributed by atoms with Crippen LogP contribution in [0.25, 0.3) is 0 Å². The molecule has 0 unspecified atom stereocenters. The second kappa shape index (κ2) is 8.71. The van der Waals surface area contributed by atoms with Crippen molar-refractivity contribution in [3.8, 4) is 0 Å². The van der Waals surface area contributed by atoms with Gasteiger partial charge in [-0.1, -0.05) is 23.7 Å². The molecule has 0 spiro atoms. The number of carbonyl (C=O) groups excluding carboxylic acids is 1. The number of halogens is 1. The number of hydrazone groups is 1. The summed E-state index contributed by atoms with van der Waals surface area (Å²) in [5.74, 6) is -0.704. The molecule has 0 aliphatic rings. The van der Waals surface area contributed by atoms with E-state index in [4.69, 9.17) is 11.6 Å². The Hall–Kier alpha value is -2.82. The van der Waals surface area contributed by atoms with Crippen LogP contribution in [0, 0.1) is 10.1 Å². The molecule has 1 amide bonds. The van der Waals surface area contributed by atoms with E-state index in [1.807, 2.05) is 0 Å². The molecule has 0 saturated heterocycles. The number of amides is 1. The zero-order chi connectivity index (χ0) is 20.0. The SMILES string of the molecule is CN(CC(=O)N/N=C\c1ccccc1[N+](=O)[O-])S(=O)(=O)c1ccc(Cl)cc1. The molecule has 0 bridgehead atoms. The predicted molar refractivity (Wildman–Crippen MR) is 100 cm³/mol. The Balaban J connectivity index is 2.01. The summed E-state index contributed by atoms with van der Waals surface area (Å²) in [7, 11) is -2.63. The van der Waals surface area contributed by atoms with Crippen LogP contribution in [0.5, 0.6) is 0 Å². The van der Waals surface area contributed by atoms with Gasteiger partial charge in [0.25, 0.3) is 11.6 Å². The third kappa shape index (κ3) is 5.33. The molecule has 1 N–H and O–H groups in total. The molecule has 2 aromatic carbocycles. The fourth-order valence-electron chi connectivity index (χ4n) is 2.05. The lowest BCUT2D eigenvalue weighted by molar-refractivity contribution is -0.385. The van der Waals surface area contributed by atoms with Gasteiger partial charge in [-0.05, 0) is 30.3 Å². The highest BCUT2D eigenvalue weighted by Gasteiger charge is 2.22. The van der Waals surface area contributed by atoms with E-state index in [2.05, 4.69) is 10.5 Å². The minimum atomic E-state index is -3.87. The molecule has 0 atom stereocenters. The van der Waals surface area contributed by atoms with Crippen LogP contribution in [0.1, 0.15) is 5.56 Å². The third-order valence-corrected chi connectivity index (χ3v) is 5.48. The van der Waals surface area contributed by atoms with Gasteiger partial charge < -0.3 is 0 Å². The minimum absolute atomic E-state index is 0.00869. The van der Waals surface area contributed by atoms with Gasteiger partial charge in [-0.15, -0.1) is 0 Å². The van der Waals surface area contributed by atoms with Crippen LogP contribution >= 0.6 is 11.6 Å². The number of rotatable bonds is 7. The van der Waals surface area contributed by atoms with Crippen molar-refractivity contribution in [1.82, 2.24) is 9.73 Å². The van der Waals surface area contributed by atoms with E-state index in [-0.39, 0.29) is 16.1 Å². The van der Waals surface area contributed by atoms with Crippen molar-refractivity contribution in [2.24, 2.45) is 5.10 Å². The van der Waals surface area contributed by atoms with Crippen LogP contribution in [-0.4, -0.2) is 43.4 Å². The van der Waals surface area contributed by atoms with Crippen molar-refractivity contribution < 1.29 is 18.1 Å². The number of benzene rings is 2. The van der Waals surface area contributed by atoms with E-state index in [0.717, 1.165) is 10.5 Å². The van der Waals surface area contributed by atoms with E-state index in [1.165, 1.54) is 49.5 Å². The number of hydrogen-bond donors (Lipinski definition) is 1. The quantitative estimate of drug-likeness (QED) is 0.425. The first-order valence-corrected chi connectivity index (χ1v) is 9.31. The molecule has 2 rings (SSSR count). The van der Waals surface area contributed by atoms with E-state index in [0.29, 0.717) is 5.02 Å². The zero-order valence-electron chi connectivity index (χ0n) is 14.1. The van der Waals surface area contributed by atoms with Gasteiger partial charge in [0, 0.05) is 18.1 Å². The molecular weight excluding hydrogens is 396 g/mol. The summed E-state index contributed by atoms with van der Waals surface area (Å²) in [6, 6.07) is 11.4.